The largest absolute Gasteiger partial charge is 0.0622 e. The van der Waals surface area contributed by atoms with Gasteiger partial charge >= 0.3 is 0 Å². The van der Waals surface area contributed by atoms with Gasteiger partial charge in [-0.25, -0.2) is 0 Å². The summed E-state index contributed by atoms with van der Waals surface area (Å²) in [6.07, 6.45) is 2.33. The fourth-order valence-electron chi connectivity index (χ4n) is 8.29. The Morgan fingerprint density at radius 2 is 1.02 bits per heavy atom. The van der Waals surface area contributed by atoms with Crippen molar-refractivity contribution in [3.8, 4) is 33.4 Å². The first-order chi connectivity index (χ1) is 24.5. The molecule has 8 aromatic carbocycles. The summed E-state index contributed by atoms with van der Waals surface area (Å²) in [6, 6.07) is 62.6. The van der Waals surface area contributed by atoms with E-state index >= 15 is 0 Å². The summed E-state index contributed by atoms with van der Waals surface area (Å²) in [5.74, 6) is 0. The van der Waals surface area contributed by atoms with E-state index in [0.717, 1.165) is 0 Å². The van der Waals surface area contributed by atoms with Gasteiger partial charge in [0.25, 0.3) is 0 Å². The second-order valence-electron chi connectivity index (χ2n) is 14.2. The van der Waals surface area contributed by atoms with Gasteiger partial charge in [0.15, 0.2) is 0 Å². The highest BCUT2D eigenvalue weighted by Crippen LogP contribution is 2.51. The topological polar surface area (TPSA) is 0 Å². The van der Waals surface area contributed by atoms with E-state index in [1.165, 1.54) is 93.9 Å². The standard InChI is InChI=1S/C50H38/c1-33-25-27-43-45(29-33)49(38-26-28-40-39-21-12-13-24-46(39)50(2,3)47(40)32-38)42-23-11-10-22-41(42)48(43)37-20-14-15-34(30-37)31-44(35-16-6-4-7-17-35)36-18-8-5-9-19-36/h4-32H,1-3H3. The molecule has 0 heteroatoms. The van der Waals surface area contributed by atoms with Gasteiger partial charge < -0.3 is 0 Å². The molecule has 0 aliphatic heterocycles. The molecule has 0 fully saturated rings. The minimum atomic E-state index is -0.0598. The lowest BCUT2D eigenvalue weighted by molar-refractivity contribution is 0.660. The van der Waals surface area contributed by atoms with Crippen molar-refractivity contribution < 1.29 is 0 Å². The second-order valence-corrected chi connectivity index (χ2v) is 14.2. The van der Waals surface area contributed by atoms with Gasteiger partial charge in [-0.15, -0.1) is 0 Å². The van der Waals surface area contributed by atoms with E-state index < -0.39 is 0 Å². The SMILES string of the molecule is Cc1ccc2c(-c3cccc(C=C(c4ccccc4)c4ccccc4)c3)c3ccccc3c(-c3ccc4c(c3)C(C)(C)c3ccccc3-4)c2c1. The third-order valence-electron chi connectivity index (χ3n) is 10.7. The van der Waals surface area contributed by atoms with Crippen LogP contribution >= 0.6 is 0 Å². The Kier molecular flexibility index (Phi) is 7.14. The number of hydrogen-bond acceptors (Lipinski definition) is 0. The number of rotatable bonds is 5. The maximum atomic E-state index is 2.47. The molecule has 238 valence electrons. The van der Waals surface area contributed by atoms with Crippen molar-refractivity contribution in [3.63, 3.8) is 0 Å². The third kappa shape index (κ3) is 4.91. The molecule has 1 aliphatic carbocycles. The first-order valence-electron chi connectivity index (χ1n) is 17.6. The Labute approximate surface area is 295 Å². The van der Waals surface area contributed by atoms with Crippen molar-refractivity contribution in [2.45, 2.75) is 26.2 Å². The van der Waals surface area contributed by atoms with Crippen molar-refractivity contribution in [2.24, 2.45) is 0 Å². The van der Waals surface area contributed by atoms with Crippen LogP contribution in [-0.4, -0.2) is 0 Å². The summed E-state index contributed by atoms with van der Waals surface area (Å²) in [7, 11) is 0. The predicted octanol–water partition coefficient (Wildman–Crippen LogP) is 13.5. The number of aryl methyl sites for hydroxylation is 1. The molecular weight excluding hydrogens is 601 g/mol. The fraction of sp³-hybridized carbons (Fsp3) is 0.0800. The first-order valence-corrected chi connectivity index (χ1v) is 17.6. The van der Waals surface area contributed by atoms with Crippen LogP contribution in [-0.2, 0) is 5.41 Å². The molecule has 0 spiro atoms. The molecule has 0 N–H and O–H groups in total. The van der Waals surface area contributed by atoms with E-state index in [0.29, 0.717) is 0 Å². The summed E-state index contributed by atoms with van der Waals surface area (Å²) >= 11 is 0. The molecule has 0 unspecified atom stereocenters. The molecule has 50 heavy (non-hydrogen) atoms. The minimum Gasteiger partial charge on any atom is -0.0622 e. The Morgan fingerprint density at radius 1 is 0.440 bits per heavy atom. The van der Waals surface area contributed by atoms with Crippen molar-refractivity contribution in [2.75, 3.05) is 0 Å². The Bertz CT molecular complexity index is 2560. The molecule has 0 aromatic heterocycles. The van der Waals surface area contributed by atoms with Crippen LogP contribution in [0, 0.1) is 6.92 Å². The molecule has 0 amide bonds. The van der Waals surface area contributed by atoms with Gasteiger partial charge in [0.1, 0.15) is 0 Å². The highest BCUT2D eigenvalue weighted by atomic mass is 14.4. The summed E-state index contributed by atoms with van der Waals surface area (Å²) < 4.78 is 0. The van der Waals surface area contributed by atoms with Crippen LogP contribution in [0.3, 0.4) is 0 Å². The molecule has 0 saturated carbocycles. The summed E-state index contributed by atoms with van der Waals surface area (Å²) in [5.41, 5.74) is 16.6. The molecule has 9 rings (SSSR count). The molecule has 8 aromatic rings. The molecule has 0 nitrogen and oxygen atoms in total. The average Bonchev–Trinajstić information content (AvgIpc) is 3.39. The Hall–Kier alpha value is -5.98. The van der Waals surface area contributed by atoms with E-state index in [-0.39, 0.29) is 5.41 Å². The van der Waals surface area contributed by atoms with E-state index in [1.807, 2.05) is 0 Å². The lowest BCUT2D eigenvalue weighted by Crippen LogP contribution is -2.14. The first kappa shape index (κ1) is 30.1. The summed E-state index contributed by atoms with van der Waals surface area (Å²) in [6.45, 7) is 6.95. The monoisotopic (exact) mass is 638 g/mol. The number of fused-ring (bicyclic) bond motifs is 5. The number of benzene rings is 8. The highest BCUT2D eigenvalue weighted by Gasteiger charge is 2.35. The van der Waals surface area contributed by atoms with Crippen LogP contribution in [0.1, 0.15) is 47.2 Å². The van der Waals surface area contributed by atoms with Crippen molar-refractivity contribution in [1.82, 2.24) is 0 Å². The lowest BCUT2D eigenvalue weighted by atomic mass is 9.80. The molecule has 0 radical (unpaired) electrons. The van der Waals surface area contributed by atoms with Crippen molar-refractivity contribution in [3.05, 3.63) is 203 Å². The van der Waals surface area contributed by atoms with Gasteiger partial charge in [-0.2, -0.15) is 0 Å². The Balaban J connectivity index is 1.27. The van der Waals surface area contributed by atoms with E-state index in [9.17, 15) is 0 Å². The molecule has 0 atom stereocenters. The number of hydrogen-bond donors (Lipinski definition) is 0. The lowest BCUT2D eigenvalue weighted by Gasteiger charge is -2.23. The zero-order valence-corrected chi connectivity index (χ0v) is 28.7. The van der Waals surface area contributed by atoms with Gasteiger partial charge in [-0.05, 0) is 113 Å². The second kappa shape index (κ2) is 11.9. The van der Waals surface area contributed by atoms with Gasteiger partial charge in [-0.1, -0.05) is 177 Å². The molecule has 0 heterocycles. The van der Waals surface area contributed by atoms with Crippen molar-refractivity contribution >= 4 is 33.2 Å². The van der Waals surface area contributed by atoms with Crippen LogP contribution in [0.5, 0.6) is 0 Å². The zero-order valence-electron chi connectivity index (χ0n) is 28.7. The van der Waals surface area contributed by atoms with E-state index in [1.54, 1.807) is 0 Å². The Morgan fingerprint density at radius 3 is 1.74 bits per heavy atom. The van der Waals surface area contributed by atoms with Crippen LogP contribution in [0.25, 0.3) is 66.6 Å². The normalized spacial score (nSPS) is 12.9. The van der Waals surface area contributed by atoms with Gasteiger partial charge in [0.2, 0.25) is 0 Å². The van der Waals surface area contributed by atoms with Crippen LogP contribution in [0.4, 0.5) is 0 Å². The van der Waals surface area contributed by atoms with E-state index in [4.69, 9.17) is 0 Å². The molecular formula is C50H38. The highest BCUT2D eigenvalue weighted by molar-refractivity contribution is 6.21. The van der Waals surface area contributed by atoms with Crippen LogP contribution < -0.4 is 0 Å². The van der Waals surface area contributed by atoms with Crippen molar-refractivity contribution in [1.29, 1.82) is 0 Å². The van der Waals surface area contributed by atoms with Gasteiger partial charge in [0, 0.05) is 5.41 Å². The summed E-state index contributed by atoms with van der Waals surface area (Å²) in [5, 5.41) is 5.13. The quantitative estimate of drug-likeness (QED) is 0.130. The van der Waals surface area contributed by atoms with Crippen LogP contribution in [0.2, 0.25) is 0 Å². The molecule has 0 bridgehead atoms. The zero-order chi connectivity index (χ0) is 33.8. The maximum absolute atomic E-state index is 2.47. The minimum absolute atomic E-state index is 0.0598. The third-order valence-corrected chi connectivity index (χ3v) is 10.7. The van der Waals surface area contributed by atoms with E-state index in [2.05, 4.69) is 197 Å². The average molecular weight is 639 g/mol. The maximum Gasteiger partial charge on any atom is 0.0159 e. The van der Waals surface area contributed by atoms with Gasteiger partial charge in [-0.3, -0.25) is 0 Å². The molecule has 0 saturated heterocycles. The van der Waals surface area contributed by atoms with Crippen LogP contribution in [0.15, 0.2) is 170 Å². The van der Waals surface area contributed by atoms with Gasteiger partial charge in [0.05, 0.1) is 0 Å². The smallest absolute Gasteiger partial charge is 0.0159 e. The molecule has 1 aliphatic rings. The summed E-state index contributed by atoms with van der Waals surface area (Å²) in [4.78, 5) is 0. The fourth-order valence-corrected chi connectivity index (χ4v) is 8.29. The predicted molar refractivity (Wildman–Crippen MR) is 214 cm³/mol.